The topological polar surface area (TPSA) is 80.5 Å². The predicted octanol–water partition coefficient (Wildman–Crippen LogP) is 0.614. The molecule has 0 N–H and O–H groups in total. The first-order valence-corrected chi connectivity index (χ1v) is 7.43. The Labute approximate surface area is 116 Å². The van der Waals surface area contributed by atoms with E-state index in [9.17, 15) is 8.42 Å². The van der Waals surface area contributed by atoms with E-state index in [0.717, 1.165) is 0 Å². The Morgan fingerprint density at radius 1 is 1.35 bits per heavy atom. The van der Waals surface area contributed by atoms with Crippen molar-refractivity contribution in [2.45, 2.75) is 6.42 Å². The van der Waals surface area contributed by atoms with Crippen LogP contribution in [-0.2, 0) is 10.0 Å². The van der Waals surface area contributed by atoms with Gasteiger partial charge in [-0.15, -0.1) is 10.2 Å². The minimum Gasteiger partial charge on any atom is -0.269 e. The van der Waals surface area contributed by atoms with E-state index in [2.05, 4.69) is 15.2 Å². The molecule has 0 unspecified atom stereocenters. The third-order valence-electron chi connectivity index (χ3n) is 3.12. The van der Waals surface area contributed by atoms with E-state index >= 15 is 0 Å². The van der Waals surface area contributed by atoms with Gasteiger partial charge in [-0.3, -0.25) is 9.56 Å². The van der Waals surface area contributed by atoms with Crippen molar-refractivity contribution < 1.29 is 8.42 Å². The standard InChI is InChI=1S/C12H13N5O2S/c1-16(2)20(18,19)12-9-5-3-4-6-10(9)13-7-11-15-14-8-17(11)12/h3-4,6-8H,5H2,1-2H3. The van der Waals surface area contributed by atoms with Crippen LogP contribution in [0.15, 0.2) is 40.8 Å². The third-order valence-corrected chi connectivity index (χ3v) is 5.01. The molecule has 2 heterocycles. The Morgan fingerprint density at radius 3 is 2.90 bits per heavy atom. The summed E-state index contributed by atoms with van der Waals surface area (Å²) < 4.78 is 27.9. The molecule has 0 spiro atoms. The van der Waals surface area contributed by atoms with E-state index in [1.807, 2.05) is 12.2 Å². The zero-order valence-corrected chi connectivity index (χ0v) is 11.9. The highest BCUT2D eigenvalue weighted by atomic mass is 32.2. The maximum atomic E-state index is 12.6. The first-order valence-electron chi connectivity index (χ1n) is 5.99. The fraction of sp³-hybridized carbons (Fsp3) is 0.250. The lowest BCUT2D eigenvalue weighted by Crippen LogP contribution is -2.27. The van der Waals surface area contributed by atoms with Crippen molar-refractivity contribution in [3.63, 3.8) is 0 Å². The molecule has 0 saturated carbocycles. The smallest absolute Gasteiger partial charge is 0.259 e. The molecule has 0 aromatic carbocycles. The van der Waals surface area contributed by atoms with Crippen molar-refractivity contribution in [2.24, 2.45) is 4.99 Å². The minimum absolute atomic E-state index is 0.163. The first-order chi connectivity index (χ1) is 9.51. The van der Waals surface area contributed by atoms with Crippen LogP contribution in [0.2, 0.25) is 0 Å². The van der Waals surface area contributed by atoms with Crippen LogP contribution >= 0.6 is 0 Å². The molecule has 7 nitrogen and oxygen atoms in total. The summed E-state index contributed by atoms with van der Waals surface area (Å²) in [6.07, 6.45) is 8.98. The lowest BCUT2D eigenvalue weighted by molar-refractivity contribution is 0.530. The highest BCUT2D eigenvalue weighted by molar-refractivity contribution is 7.98. The van der Waals surface area contributed by atoms with Gasteiger partial charge in [-0.2, -0.15) is 0 Å². The van der Waals surface area contributed by atoms with Crippen molar-refractivity contribution in [1.29, 1.82) is 0 Å². The zero-order chi connectivity index (χ0) is 14.3. The van der Waals surface area contributed by atoms with Crippen LogP contribution in [0, 0.1) is 0 Å². The van der Waals surface area contributed by atoms with Crippen LogP contribution < -0.4 is 0 Å². The summed E-state index contributed by atoms with van der Waals surface area (Å²) in [5.74, 6) is 0.397. The van der Waals surface area contributed by atoms with Gasteiger partial charge in [-0.05, 0) is 12.5 Å². The van der Waals surface area contributed by atoms with Gasteiger partial charge < -0.3 is 0 Å². The third kappa shape index (κ3) is 1.84. The zero-order valence-electron chi connectivity index (χ0n) is 11.1. The maximum Gasteiger partial charge on any atom is 0.259 e. The highest BCUT2D eigenvalue weighted by Crippen LogP contribution is 2.32. The Hall–Kier alpha value is -2.06. The van der Waals surface area contributed by atoms with E-state index < -0.39 is 10.0 Å². The predicted molar refractivity (Wildman–Crippen MR) is 75.3 cm³/mol. The average Bonchev–Trinajstić information content (AvgIpc) is 2.79. The minimum atomic E-state index is -3.64. The first kappa shape index (κ1) is 12.9. The SMILES string of the molecule is CN(C)S(=O)(=O)C1=C2CC=CC=C2N=Cc2nncn21. The molecular weight excluding hydrogens is 278 g/mol. The average molecular weight is 291 g/mol. The number of sulfonamides is 1. The number of hydrogen-bond donors (Lipinski definition) is 0. The Bertz CT molecular complexity index is 781. The van der Waals surface area contributed by atoms with Gasteiger partial charge in [0.25, 0.3) is 10.0 Å². The molecule has 20 heavy (non-hydrogen) atoms. The molecule has 0 atom stereocenters. The number of aliphatic imine (C=N–C) groups is 1. The second-order valence-corrected chi connectivity index (χ2v) is 6.64. The van der Waals surface area contributed by atoms with E-state index in [-0.39, 0.29) is 5.03 Å². The maximum absolute atomic E-state index is 12.6. The molecule has 8 heteroatoms. The van der Waals surface area contributed by atoms with Gasteiger partial charge in [0.05, 0.1) is 11.9 Å². The van der Waals surface area contributed by atoms with Crippen molar-refractivity contribution in [1.82, 2.24) is 19.1 Å². The number of aromatic nitrogens is 3. The largest absolute Gasteiger partial charge is 0.269 e. The number of hydrogen-bond acceptors (Lipinski definition) is 5. The molecule has 1 aliphatic carbocycles. The summed E-state index contributed by atoms with van der Waals surface area (Å²) in [7, 11) is -0.634. The Morgan fingerprint density at radius 2 is 2.15 bits per heavy atom. The van der Waals surface area contributed by atoms with Crippen LogP contribution in [0.4, 0.5) is 0 Å². The molecule has 0 amide bonds. The van der Waals surface area contributed by atoms with E-state index in [1.165, 1.54) is 35.5 Å². The Balaban J connectivity index is 2.36. The van der Waals surface area contributed by atoms with Crippen LogP contribution in [-0.4, -0.2) is 47.8 Å². The van der Waals surface area contributed by atoms with Gasteiger partial charge in [0.15, 0.2) is 10.9 Å². The molecule has 0 radical (unpaired) electrons. The van der Waals surface area contributed by atoms with Gasteiger partial charge in [0.1, 0.15) is 6.33 Å². The molecule has 0 fully saturated rings. The molecule has 0 saturated heterocycles. The fourth-order valence-electron chi connectivity index (χ4n) is 2.08. The van der Waals surface area contributed by atoms with Crippen LogP contribution in [0.3, 0.4) is 0 Å². The molecule has 1 aliphatic heterocycles. The van der Waals surface area contributed by atoms with Crippen molar-refractivity contribution in [3.05, 3.63) is 41.6 Å². The van der Waals surface area contributed by atoms with Crippen LogP contribution in [0.25, 0.3) is 5.03 Å². The van der Waals surface area contributed by atoms with E-state index in [1.54, 1.807) is 6.08 Å². The molecule has 0 bridgehead atoms. The number of rotatable bonds is 2. The quantitative estimate of drug-likeness (QED) is 0.799. The second-order valence-electron chi connectivity index (χ2n) is 4.57. The van der Waals surface area contributed by atoms with Gasteiger partial charge in [0, 0.05) is 19.7 Å². The molecule has 104 valence electrons. The molecule has 2 aliphatic rings. The summed E-state index contributed by atoms with van der Waals surface area (Å²) in [6.45, 7) is 0. The highest BCUT2D eigenvalue weighted by Gasteiger charge is 2.31. The molecular formula is C12H13N5O2S. The van der Waals surface area contributed by atoms with Gasteiger partial charge >= 0.3 is 0 Å². The summed E-state index contributed by atoms with van der Waals surface area (Å²) in [5, 5.41) is 7.83. The van der Waals surface area contributed by atoms with Crippen LogP contribution in [0.1, 0.15) is 12.2 Å². The molecule has 1 aromatic heterocycles. The number of allylic oxidation sites excluding steroid dienone is 4. The Kier molecular flexibility index (Phi) is 2.91. The van der Waals surface area contributed by atoms with Crippen LogP contribution in [0.5, 0.6) is 0 Å². The summed E-state index contributed by atoms with van der Waals surface area (Å²) in [6, 6.07) is 0. The number of fused-ring (bicyclic) bond motifs is 2. The second kappa shape index (κ2) is 4.50. The van der Waals surface area contributed by atoms with Crippen molar-refractivity contribution >= 4 is 21.3 Å². The molecule has 1 aromatic rings. The summed E-state index contributed by atoms with van der Waals surface area (Å²) in [4.78, 5) is 4.30. The van der Waals surface area contributed by atoms with Gasteiger partial charge in [-0.25, -0.2) is 12.7 Å². The number of nitrogens with zero attached hydrogens (tertiary/aromatic N) is 5. The van der Waals surface area contributed by atoms with E-state index in [4.69, 9.17) is 0 Å². The van der Waals surface area contributed by atoms with Gasteiger partial charge in [-0.1, -0.05) is 12.2 Å². The molecule has 3 rings (SSSR count). The van der Waals surface area contributed by atoms with Gasteiger partial charge in [0.2, 0.25) is 0 Å². The lowest BCUT2D eigenvalue weighted by atomic mass is 10.1. The monoisotopic (exact) mass is 291 g/mol. The fourth-order valence-corrected chi connectivity index (χ4v) is 3.32. The lowest BCUT2D eigenvalue weighted by Gasteiger charge is -2.19. The normalized spacial score (nSPS) is 17.9. The van der Waals surface area contributed by atoms with E-state index in [0.29, 0.717) is 23.5 Å². The summed E-state index contributed by atoms with van der Waals surface area (Å²) >= 11 is 0. The summed E-state index contributed by atoms with van der Waals surface area (Å²) in [5.41, 5.74) is 1.29. The van der Waals surface area contributed by atoms with Crippen molar-refractivity contribution in [3.8, 4) is 0 Å². The van der Waals surface area contributed by atoms with Crippen molar-refractivity contribution in [2.75, 3.05) is 14.1 Å².